The Morgan fingerprint density at radius 1 is 1.50 bits per heavy atom. The summed E-state index contributed by atoms with van der Waals surface area (Å²) in [6.45, 7) is 0.543. The molecule has 6 heteroatoms. The van der Waals surface area contributed by atoms with Crippen molar-refractivity contribution in [2.75, 3.05) is 13.6 Å². The standard InChI is InChI=1S/C10H15N5O/c1-13-6-9(16)8-4-2-3-7(15-8)5-14-10(11)12/h2-4,13H,5-6H2,1H3,(H4,11,12,14). The maximum Gasteiger partial charge on any atom is 0.194 e. The number of carbonyl (C=O) groups excluding carboxylic acids is 1. The fourth-order valence-corrected chi connectivity index (χ4v) is 1.15. The SMILES string of the molecule is CNCC(=O)c1cccc(CN=C(N)N)n1. The minimum Gasteiger partial charge on any atom is -0.370 e. The van der Waals surface area contributed by atoms with Gasteiger partial charge in [-0.25, -0.2) is 9.98 Å². The van der Waals surface area contributed by atoms with Crippen LogP contribution in [0.4, 0.5) is 0 Å². The van der Waals surface area contributed by atoms with Crippen molar-refractivity contribution in [2.24, 2.45) is 16.5 Å². The molecule has 1 aromatic heterocycles. The molecule has 0 saturated carbocycles. The molecule has 0 unspecified atom stereocenters. The topological polar surface area (TPSA) is 106 Å². The summed E-state index contributed by atoms with van der Waals surface area (Å²) >= 11 is 0. The van der Waals surface area contributed by atoms with Crippen LogP contribution in [0.1, 0.15) is 16.2 Å². The van der Waals surface area contributed by atoms with Gasteiger partial charge in [0.1, 0.15) is 5.69 Å². The molecule has 0 spiro atoms. The van der Waals surface area contributed by atoms with Crippen LogP contribution in [-0.4, -0.2) is 30.3 Å². The number of likely N-dealkylation sites (N-methyl/N-ethyl adjacent to an activating group) is 1. The number of aliphatic imine (C=N–C) groups is 1. The number of nitrogens with two attached hydrogens (primary N) is 2. The highest BCUT2D eigenvalue weighted by atomic mass is 16.1. The van der Waals surface area contributed by atoms with Gasteiger partial charge in [-0.15, -0.1) is 0 Å². The summed E-state index contributed by atoms with van der Waals surface area (Å²) in [4.78, 5) is 19.5. The van der Waals surface area contributed by atoms with Gasteiger partial charge in [-0.3, -0.25) is 4.79 Å². The minimum atomic E-state index is -0.0611. The highest BCUT2D eigenvalue weighted by Gasteiger charge is 2.06. The van der Waals surface area contributed by atoms with Gasteiger partial charge < -0.3 is 16.8 Å². The van der Waals surface area contributed by atoms with Gasteiger partial charge >= 0.3 is 0 Å². The first-order valence-electron chi connectivity index (χ1n) is 4.82. The third kappa shape index (κ3) is 3.66. The average Bonchev–Trinajstić information content (AvgIpc) is 2.27. The predicted octanol–water partition coefficient (Wildman–Crippen LogP) is -0.743. The largest absolute Gasteiger partial charge is 0.370 e. The molecule has 0 aliphatic carbocycles. The smallest absolute Gasteiger partial charge is 0.194 e. The Kier molecular flexibility index (Phi) is 4.41. The van der Waals surface area contributed by atoms with E-state index < -0.39 is 0 Å². The number of pyridine rings is 1. The molecule has 1 rings (SSSR count). The highest BCUT2D eigenvalue weighted by molar-refractivity contribution is 5.95. The van der Waals surface area contributed by atoms with Crippen LogP contribution >= 0.6 is 0 Å². The van der Waals surface area contributed by atoms with Crippen molar-refractivity contribution in [3.05, 3.63) is 29.6 Å². The van der Waals surface area contributed by atoms with E-state index in [2.05, 4.69) is 15.3 Å². The molecule has 1 heterocycles. The van der Waals surface area contributed by atoms with Gasteiger partial charge in [-0.2, -0.15) is 0 Å². The second-order valence-corrected chi connectivity index (χ2v) is 3.21. The fourth-order valence-electron chi connectivity index (χ4n) is 1.15. The molecular formula is C10H15N5O. The Balaban J connectivity index is 2.78. The van der Waals surface area contributed by atoms with Crippen LogP contribution in [0.15, 0.2) is 23.2 Å². The number of ketones is 1. The number of nitrogens with zero attached hydrogens (tertiary/aromatic N) is 2. The predicted molar refractivity (Wildman–Crippen MR) is 62.0 cm³/mol. The first-order valence-corrected chi connectivity index (χ1v) is 4.82. The van der Waals surface area contributed by atoms with Crippen molar-refractivity contribution >= 4 is 11.7 Å². The van der Waals surface area contributed by atoms with Gasteiger partial charge in [0.25, 0.3) is 0 Å². The van der Waals surface area contributed by atoms with E-state index in [1.54, 1.807) is 25.2 Å². The van der Waals surface area contributed by atoms with Crippen LogP contribution in [-0.2, 0) is 6.54 Å². The van der Waals surface area contributed by atoms with Crippen LogP contribution in [0, 0.1) is 0 Å². The minimum absolute atomic E-state index is 0.00811. The summed E-state index contributed by atoms with van der Waals surface area (Å²) in [7, 11) is 1.71. The van der Waals surface area contributed by atoms with E-state index in [9.17, 15) is 4.79 Å². The summed E-state index contributed by atoms with van der Waals surface area (Å²) < 4.78 is 0. The van der Waals surface area contributed by atoms with Gasteiger partial charge in [0.2, 0.25) is 0 Å². The number of aromatic nitrogens is 1. The van der Waals surface area contributed by atoms with E-state index in [0.29, 0.717) is 11.4 Å². The van der Waals surface area contributed by atoms with E-state index in [-0.39, 0.29) is 24.8 Å². The van der Waals surface area contributed by atoms with E-state index in [4.69, 9.17) is 11.5 Å². The molecule has 1 aromatic rings. The Hall–Kier alpha value is -1.95. The second kappa shape index (κ2) is 5.82. The number of carbonyl (C=O) groups is 1. The molecule has 0 fully saturated rings. The highest BCUT2D eigenvalue weighted by Crippen LogP contribution is 2.01. The Morgan fingerprint density at radius 3 is 2.88 bits per heavy atom. The Labute approximate surface area is 93.8 Å². The summed E-state index contributed by atoms with van der Waals surface area (Å²) in [5, 5.41) is 2.78. The fraction of sp³-hybridized carbons (Fsp3) is 0.300. The third-order valence-electron chi connectivity index (χ3n) is 1.85. The molecule has 0 aliphatic rings. The average molecular weight is 221 g/mol. The lowest BCUT2D eigenvalue weighted by atomic mass is 10.2. The lowest BCUT2D eigenvalue weighted by Crippen LogP contribution is -2.23. The number of hydrogen-bond donors (Lipinski definition) is 3. The van der Waals surface area contributed by atoms with Crippen molar-refractivity contribution in [3.8, 4) is 0 Å². The van der Waals surface area contributed by atoms with Crippen molar-refractivity contribution in [2.45, 2.75) is 6.54 Å². The zero-order valence-corrected chi connectivity index (χ0v) is 9.10. The number of Topliss-reactive ketones (excluding diaryl/α,β-unsaturated/α-hetero) is 1. The first kappa shape index (κ1) is 12.1. The van der Waals surface area contributed by atoms with Gasteiger partial charge in [0.15, 0.2) is 11.7 Å². The molecule has 0 saturated heterocycles. The molecule has 0 amide bonds. The zero-order chi connectivity index (χ0) is 12.0. The van der Waals surface area contributed by atoms with E-state index >= 15 is 0 Å². The number of hydrogen-bond acceptors (Lipinski definition) is 4. The van der Waals surface area contributed by atoms with Crippen LogP contribution in [0.2, 0.25) is 0 Å². The summed E-state index contributed by atoms with van der Waals surface area (Å²) in [5.41, 5.74) is 11.5. The van der Waals surface area contributed by atoms with Crippen LogP contribution < -0.4 is 16.8 Å². The van der Waals surface area contributed by atoms with Crippen molar-refractivity contribution < 1.29 is 4.79 Å². The normalized spacial score (nSPS) is 9.81. The molecule has 0 radical (unpaired) electrons. The van der Waals surface area contributed by atoms with Crippen LogP contribution in [0.5, 0.6) is 0 Å². The van der Waals surface area contributed by atoms with Crippen LogP contribution in [0.3, 0.4) is 0 Å². The van der Waals surface area contributed by atoms with Gasteiger partial charge in [-0.05, 0) is 19.2 Å². The Morgan fingerprint density at radius 2 is 2.25 bits per heavy atom. The molecule has 0 aromatic carbocycles. The number of nitrogens with one attached hydrogen (secondary N) is 1. The zero-order valence-electron chi connectivity index (χ0n) is 9.10. The van der Waals surface area contributed by atoms with Crippen LogP contribution in [0.25, 0.3) is 0 Å². The maximum absolute atomic E-state index is 11.5. The maximum atomic E-state index is 11.5. The lowest BCUT2D eigenvalue weighted by Gasteiger charge is -2.01. The number of guanidine groups is 1. The summed E-state index contributed by atoms with van der Waals surface area (Å²) in [6.07, 6.45) is 0. The van der Waals surface area contributed by atoms with Gasteiger partial charge in [0, 0.05) is 0 Å². The lowest BCUT2D eigenvalue weighted by molar-refractivity contribution is 0.0988. The third-order valence-corrected chi connectivity index (χ3v) is 1.85. The van der Waals surface area contributed by atoms with E-state index in [1.165, 1.54) is 0 Å². The van der Waals surface area contributed by atoms with E-state index in [1.807, 2.05) is 0 Å². The quantitative estimate of drug-likeness (QED) is 0.345. The molecule has 0 atom stereocenters. The molecule has 86 valence electrons. The van der Waals surface area contributed by atoms with Crippen molar-refractivity contribution in [1.29, 1.82) is 0 Å². The Bertz CT molecular complexity index is 398. The number of rotatable bonds is 5. The van der Waals surface area contributed by atoms with Gasteiger partial charge in [0.05, 0.1) is 18.8 Å². The molecule has 6 nitrogen and oxygen atoms in total. The summed E-state index contributed by atoms with van der Waals surface area (Å²) in [5.74, 6) is -0.0530. The molecular weight excluding hydrogens is 206 g/mol. The van der Waals surface area contributed by atoms with Gasteiger partial charge in [-0.1, -0.05) is 6.07 Å². The van der Waals surface area contributed by atoms with Crippen molar-refractivity contribution in [3.63, 3.8) is 0 Å². The van der Waals surface area contributed by atoms with E-state index in [0.717, 1.165) is 0 Å². The second-order valence-electron chi connectivity index (χ2n) is 3.21. The summed E-state index contributed by atoms with van der Waals surface area (Å²) in [6, 6.07) is 5.19. The molecule has 5 N–H and O–H groups in total. The molecule has 0 bridgehead atoms. The monoisotopic (exact) mass is 221 g/mol. The molecule has 0 aliphatic heterocycles. The molecule has 16 heavy (non-hydrogen) atoms. The van der Waals surface area contributed by atoms with Crippen molar-refractivity contribution in [1.82, 2.24) is 10.3 Å². The first-order chi connectivity index (χ1) is 7.63.